The fourth-order valence-corrected chi connectivity index (χ4v) is 4.52. The number of nitrogens with zero attached hydrogens (tertiary/aromatic N) is 2. The van der Waals surface area contributed by atoms with Gasteiger partial charge in [-0.15, -0.1) is 0 Å². The number of benzene rings is 1. The fourth-order valence-electron chi connectivity index (χ4n) is 4.52. The molecule has 0 aromatic heterocycles. The number of allylic oxidation sites excluding steroid dienone is 1. The minimum absolute atomic E-state index is 0.116. The first kappa shape index (κ1) is 28.2. The number of nitrogens with one attached hydrogen (secondary N) is 3. The molecule has 0 unspecified atom stereocenters. The van der Waals surface area contributed by atoms with Crippen molar-refractivity contribution in [2.45, 2.75) is 71.5 Å². The van der Waals surface area contributed by atoms with Crippen LogP contribution in [0.5, 0.6) is 0 Å². The van der Waals surface area contributed by atoms with E-state index in [1.165, 1.54) is 9.91 Å². The highest BCUT2D eigenvalue weighted by molar-refractivity contribution is 6.04. The predicted octanol–water partition coefficient (Wildman–Crippen LogP) is 1.75. The van der Waals surface area contributed by atoms with Crippen molar-refractivity contribution in [1.82, 2.24) is 20.5 Å². The number of carbonyl (C=O) groups excluding carboxylic acids is 4. The Morgan fingerprint density at radius 2 is 1.73 bits per heavy atom. The number of nitrogens with two attached hydrogens (primary N) is 1. The lowest BCUT2D eigenvalue weighted by molar-refractivity contribution is -0.146. The Bertz CT molecular complexity index is 1060. The molecule has 0 radical (unpaired) electrons. The minimum Gasteiger partial charge on any atom is -0.390 e. The van der Waals surface area contributed by atoms with Gasteiger partial charge in [0, 0.05) is 37.0 Å². The maximum atomic E-state index is 13.8. The first-order valence-corrected chi connectivity index (χ1v) is 12.7. The van der Waals surface area contributed by atoms with Crippen LogP contribution in [0.15, 0.2) is 42.2 Å². The first-order chi connectivity index (χ1) is 17.2. The van der Waals surface area contributed by atoms with Gasteiger partial charge in [-0.3, -0.25) is 19.2 Å². The number of likely N-dealkylation sites (tertiary alicyclic amines) is 1. The van der Waals surface area contributed by atoms with Gasteiger partial charge in [-0.05, 0) is 44.2 Å². The van der Waals surface area contributed by atoms with Crippen molar-refractivity contribution in [1.29, 1.82) is 0 Å². The largest absolute Gasteiger partial charge is 0.390 e. The third-order valence-electron chi connectivity index (χ3n) is 6.71. The maximum Gasteiger partial charge on any atom is 0.249 e. The minimum atomic E-state index is -1.29. The molecule has 5 N–H and O–H groups in total. The van der Waals surface area contributed by atoms with Crippen molar-refractivity contribution >= 4 is 29.2 Å². The smallest absolute Gasteiger partial charge is 0.249 e. The van der Waals surface area contributed by atoms with Crippen molar-refractivity contribution in [3.63, 3.8) is 0 Å². The Balaban J connectivity index is 1.78. The molecular formula is C27H40N6O4. The topological polar surface area (TPSA) is 137 Å². The summed E-state index contributed by atoms with van der Waals surface area (Å²) in [5.74, 6) is 5.20. The number of para-hydroxylation sites is 1. The summed E-state index contributed by atoms with van der Waals surface area (Å²) in [6, 6.07) is 7.06. The number of ketones is 1. The third kappa shape index (κ3) is 6.88. The van der Waals surface area contributed by atoms with Gasteiger partial charge in [0.15, 0.2) is 5.78 Å². The SMILES string of the molecule is CN/C(=C\N(N)[C@H](C(=O)N1CC(=O)C[C@H]1C(=O)NC(C)(C)C(=O)Nc1ccccc1)C(C)(C)C)C1CC1. The summed E-state index contributed by atoms with van der Waals surface area (Å²) in [7, 11) is 1.82. The first-order valence-electron chi connectivity index (χ1n) is 12.7. The van der Waals surface area contributed by atoms with Gasteiger partial charge in [0.05, 0.1) is 6.54 Å². The van der Waals surface area contributed by atoms with Crippen LogP contribution in [-0.4, -0.2) is 64.6 Å². The molecule has 2 fully saturated rings. The van der Waals surface area contributed by atoms with Crippen molar-refractivity contribution < 1.29 is 19.2 Å². The summed E-state index contributed by atoms with van der Waals surface area (Å²) in [5.41, 5.74) is -0.334. The molecule has 1 aliphatic heterocycles. The molecule has 3 rings (SSSR count). The van der Waals surface area contributed by atoms with Gasteiger partial charge in [-0.1, -0.05) is 39.0 Å². The van der Waals surface area contributed by atoms with Gasteiger partial charge in [0.1, 0.15) is 17.6 Å². The van der Waals surface area contributed by atoms with Gasteiger partial charge >= 0.3 is 0 Å². The summed E-state index contributed by atoms with van der Waals surface area (Å²) < 4.78 is 0. The second kappa shape index (κ2) is 10.9. The molecule has 1 aromatic carbocycles. The van der Waals surface area contributed by atoms with Crippen molar-refractivity contribution in [2.24, 2.45) is 17.2 Å². The molecule has 1 heterocycles. The Morgan fingerprint density at radius 1 is 1.11 bits per heavy atom. The van der Waals surface area contributed by atoms with E-state index in [-0.39, 0.29) is 18.7 Å². The summed E-state index contributed by atoms with van der Waals surface area (Å²) in [4.78, 5) is 53.8. The Kier molecular flexibility index (Phi) is 8.32. The average molecular weight is 513 g/mol. The molecule has 202 valence electrons. The summed E-state index contributed by atoms with van der Waals surface area (Å²) in [6.07, 6.45) is 3.75. The Morgan fingerprint density at radius 3 is 2.27 bits per heavy atom. The highest BCUT2D eigenvalue weighted by Crippen LogP contribution is 2.36. The second-order valence-corrected chi connectivity index (χ2v) is 11.5. The molecule has 2 atom stereocenters. The van der Waals surface area contributed by atoms with E-state index in [1.54, 1.807) is 44.3 Å². The molecule has 37 heavy (non-hydrogen) atoms. The van der Waals surface area contributed by atoms with Crippen LogP contribution in [0.4, 0.5) is 5.69 Å². The second-order valence-electron chi connectivity index (χ2n) is 11.5. The van der Waals surface area contributed by atoms with Gasteiger partial charge in [-0.2, -0.15) is 0 Å². The van der Waals surface area contributed by atoms with E-state index in [0.29, 0.717) is 11.6 Å². The average Bonchev–Trinajstić information content (AvgIpc) is 3.57. The zero-order chi connectivity index (χ0) is 27.5. The lowest BCUT2D eigenvalue weighted by Crippen LogP contribution is -2.61. The number of hydrogen-bond donors (Lipinski definition) is 4. The lowest BCUT2D eigenvalue weighted by Gasteiger charge is -2.39. The number of Topliss-reactive ketones (excluding diaryl/α,β-unsaturated/α-hetero) is 1. The van der Waals surface area contributed by atoms with Gasteiger partial charge in [0.25, 0.3) is 0 Å². The molecule has 10 heteroatoms. The van der Waals surface area contributed by atoms with E-state index in [4.69, 9.17) is 5.84 Å². The van der Waals surface area contributed by atoms with Gasteiger partial charge in [-0.25, -0.2) is 5.84 Å². The summed E-state index contributed by atoms with van der Waals surface area (Å²) >= 11 is 0. The van der Waals surface area contributed by atoms with Gasteiger partial charge in [0.2, 0.25) is 17.7 Å². The van der Waals surface area contributed by atoms with Crippen molar-refractivity contribution in [3.05, 3.63) is 42.2 Å². The van der Waals surface area contributed by atoms with Crippen LogP contribution in [0.25, 0.3) is 0 Å². The number of carbonyl (C=O) groups is 4. The van der Waals surface area contributed by atoms with E-state index in [9.17, 15) is 19.2 Å². The Labute approximate surface area is 219 Å². The fraction of sp³-hybridized carbons (Fsp3) is 0.556. The van der Waals surface area contributed by atoms with E-state index in [0.717, 1.165) is 18.5 Å². The molecule has 1 aliphatic carbocycles. The standard InChI is InChI=1S/C27H40N6O4/c1-26(2,3)22(33(28)16-20(29-6)17-12-13-17)24(36)32-15-19(34)14-21(32)23(35)31-27(4,5)25(37)30-18-10-8-7-9-11-18/h7-11,16-17,21-22,29H,12-15,28H2,1-6H3,(H,30,37)(H,31,35)/b20-16-/t21-,22+/m0/s1. The molecular weight excluding hydrogens is 472 g/mol. The number of anilines is 1. The molecule has 2 aliphatic rings. The lowest BCUT2D eigenvalue weighted by atomic mass is 9.85. The summed E-state index contributed by atoms with van der Waals surface area (Å²) in [5, 5.41) is 10.1. The summed E-state index contributed by atoms with van der Waals surface area (Å²) in [6.45, 7) is 8.65. The maximum absolute atomic E-state index is 13.8. The number of hydrazine groups is 1. The van der Waals surface area contributed by atoms with E-state index >= 15 is 0 Å². The molecule has 0 spiro atoms. The van der Waals surface area contributed by atoms with Crippen LogP contribution in [0, 0.1) is 11.3 Å². The van der Waals surface area contributed by atoms with E-state index in [1.807, 2.05) is 33.9 Å². The zero-order valence-corrected chi connectivity index (χ0v) is 22.6. The normalized spacial score (nSPS) is 19.3. The molecule has 10 nitrogen and oxygen atoms in total. The van der Waals surface area contributed by atoms with Crippen LogP contribution in [0.3, 0.4) is 0 Å². The van der Waals surface area contributed by atoms with Crippen LogP contribution in [0.1, 0.15) is 53.9 Å². The molecule has 1 aromatic rings. The number of hydrogen-bond acceptors (Lipinski definition) is 7. The predicted molar refractivity (Wildman–Crippen MR) is 142 cm³/mol. The third-order valence-corrected chi connectivity index (χ3v) is 6.71. The van der Waals surface area contributed by atoms with E-state index < -0.39 is 40.8 Å². The monoisotopic (exact) mass is 512 g/mol. The zero-order valence-electron chi connectivity index (χ0n) is 22.6. The molecule has 1 saturated heterocycles. The van der Waals surface area contributed by atoms with Crippen LogP contribution in [-0.2, 0) is 19.2 Å². The van der Waals surface area contributed by atoms with Crippen LogP contribution < -0.4 is 21.8 Å². The number of rotatable bonds is 9. The van der Waals surface area contributed by atoms with Crippen molar-refractivity contribution in [3.8, 4) is 0 Å². The highest BCUT2D eigenvalue weighted by atomic mass is 16.2. The van der Waals surface area contributed by atoms with Crippen LogP contribution >= 0.6 is 0 Å². The molecule has 3 amide bonds. The molecule has 0 bridgehead atoms. The molecule has 1 saturated carbocycles. The van der Waals surface area contributed by atoms with E-state index in [2.05, 4.69) is 16.0 Å². The van der Waals surface area contributed by atoms with Crippen molar-refractivity contribution in [2.75, 3.05) is 18.9 Å². The van der Waals surface area contributed by atoms with Crippen LogP contribution in [0.2, 0.25) is 0 Å². The quantitative estimate of drug-likeness (QED) is 0.292. The van der Waals surface area contributed by atoms with Gasteiger partial charge < -0.3 is 25.9 Å². The Hall–Kier alpha value is -3.40. The number of amides is 3. The highest BCUT2D eigenvalue weighted by Gasteiger charge is 2.46.